The van der Waals surface area contributed by atoms with Crippen LogP contribution in [0.3, 0.4) is 0 Å². The van der Waals surface area contributed by atoms with E-state index in [-0.39, 0.29) is 16.3 Å². The zero-order chi connectivity index (χ0) is 22.0. The molecule has 1 aliphatic rings. The van der Waals surface area contributed by atoms with Crippen LogP contribution in [0.25, 0.3) is 22.2 Å². The van der Waals surface area contributed by atoms with Crippen molar-refractivity contribution in [2.75, 3.05) is 6.54 Å². The number of carboxylic acid groups (broad SMARTS) is 1. The van der Waals surface area contributed by atoms with E-state index < -0.39 is 16.0 Å². The number of carboxylic acids is 1. The number of H-pyrrole nitrogens is 1. The topological polar surface area (TPSA) is 99.3 Å². The van der Waals surface area contributed by atoms with Crippen molar-refractivity contribution in [2.24, 2.45) is 5.92 Å². The minimum Gasteiger partial charge on any atom is -0.481 e. The molecule has 164 valence electrons. The van der Waals surface area contributed by atoms with Gasteiger partial charge < -0.3 is 10.1 Å². The molecule has 31 heavy (non-hydrogen) atoms. The number of fused-ring (bicyclic) bond motifs is 1. The molecule has 1 fully saturated rings. The van der Waals surface area contributed by atoms with Crippen molar-refractivity contribution in [1.29, 1.82) is 0 Å². The Labute approximate surface area is 186 Å². The van der Waals surface area contributed by atoms with Gasteiger partial charge in [-0.25, -0.2) is 13.1 Å². The summed E-state index contributed by atoms with van der Waals surface area (Å²) in [5, 5.41) is 10.3. The number of benzene rings is 2. The van der Waals surface area contributed by atoms with E-state index in [2.05, 4.69) is 9.71 Å². The van der Waals surface area contributed by atoms with Gasteiger partial charge in [0.05, 0.1) is 17.1 Å². The van der Waals surface area contributed by atoms with Crippen LogP contribution in [0, 0.1) is 5.92 Å². The Hall–Kier alpha value is -2.35. The van der Waals surface area contributed by atoms with E-state index in [0.717, 1.165) is 36.6 Å². The molecule has 0 aliphatic heterocycles. The molecule has 4 rings (SSSR count). The zero-order valence-electron chi connectivity index (χ0n) is 17.0. The molecular weight excluding hydrogens is 436 g/mol. The fourth-order valence-electron chi connectivity index (χ4n) is 4.34. The number of para-hydroxylation sites is 1. The molecule has 2 aromatic carbocycles. The molecule has 0 unspecified atom stereocenters. The summed E-state index contributed by atoms with van der Waals surface area (Å²) in [4.78, 5) is 14.7. The maximum Gasteiger partial charge on any atom is 0.307 e. The standard InChI is InChI=1S/C23H25ClN2O4S/c24-19-11-10-16(12-21(19)31(29,30)25-14-15-6-2-1-3-7-15)23-18(13-22(27)28)17-8-4-5-9-20(17)26-23/h4-5,8-12,15,25-26H,1-3,6-7,13-14H2,(H,27,28). The number of halogens is 1. The Morgan fingerprint density at radius 3 is 2.61 bits per heavy atom. The van der Waals surface area contributed by atoms with Crippen LogP contribution in [-0.4, -0.2) is 31.0 Å². The maximum atomic E-state index is 13.0. The minimum absolute atomic E-state index is 0.00223. The number of hydrogen-bond donors (Lipinski definition) is 3. The molecule has 1 saturated carbocycles. The average molecular weight is 461 g/mol. The number of aromatic nitrogens is 1. The first-order valence-corrected chi connectivity index (χ1v) is 12.3. The first-order chi connectivity index (χ1) is 14.8. The van der Waals surface area contributed by atoms with Crippen LogP contribution in [0.5, 0.6) is 0 Å². The Kier molecular flexibility index (Phi) is 6.36. The highest BCUT2D eigenvalue weighted by Crippen LogP contribution is 2.34. The van der Waals surface area contributed by atoms with E-state index in [0.29, 0.717) is 29.3 Å². The number of rotatable bonds is 7. The molecule has 1 aliphatic carbocycles. The summed E-state index contributed by atoms with van der Waals surface area (Å²) in [5.74, 6) is -0.608. The van der Waals surface area contributed by atoms with Crippen molar-refractivity contribution in [3.63, 3.8) is 0 Å². The Balaban J connectivity index is 1.70. The number of sulfonamides is 1. The highest BCUT2D eigenvalue weighted by atomic mass is 35.5. The predicted molar refractivity (Wildman–Crippen MR) is 122 cm³/mol. The van der Waals surface area contributed by atoms with E-state index in [4.69, 9.17) is 11.6 Å². The van der Waals surface area contributed by atoms with E-state index in [9.17, 15) is 18.3 Å². The molecule has 0 saturated heterocycles. The molecule has 6 nitrogen and oxygen atoms in total. The first kappa shape index (κ1) is 21.9. The van der Waals surface area contributed by atoms with Gasteiger partial charge in [0.25, 0.3) is 0 Å². The molecule has 1 heterocycles. The van der Waals surface area contributed by atoms with Crippen LogP contribution < -0.4 is 4.72 Å². The van der Waals surface area contributed by atoms with E-state index in [1.807, 2.05) is 24.3 Å². The normalized spacial score (nSPS) is 15.4. The van der Waals surface area contributed by atoms with Crippen LogP contribution in [0.1, 0.15) is 37.7 Å². The highest BCUT2D eigenvalue weighted by Gasteiger charge is 2.23. The lowest BCUT2D eigenvalue weighted by Gasteiger charge is -2.22. The average Bonchev–Trinajstić information content (AvgIpc) is 3.11. The third-order valence-electron chi connectivity index (χ3n) is 5.94. The van der Waals surface area contributed by atoms with Crippen LogP contribution >= 0.6 is 11.6 Å². The van der Waals surface area contributed by atoms with Crippen molar-refractivity contribution in [2.45, 2.75) is 43.4 Å². The van der Waals surface area contributed by atoms with Crippen molar-refractivity contribution in [3.05, 3.63) is 53.1 Å². The summed E-state index contributed by atoms with van der Waals surface area (Å²) < 4.78 is 28.7. The second-order valence-corrected chi connectivity index (χ2v) is 10.2. The van der Waals surface area contributed by atoms with Gasteiger partial charge in [0.2, 0.25) is 10.0 Å². The second kappa shape index (κ2) is 9.02. The van der Waals surface area contributed by atoms with Crippen molar-refractivity contribution in [1.82, 2.24) is 9.71 Å². The van der Waals surface area contributed by atoms with Crippen LogP contribution in [0.4, 0.5) is 0 Å². The highest BCUT2D eigenvalue weighted by molar-refractivity contribution is 7.89. The van der Waals surface area contributed by atoms with E-state index in [1.165, 1.54) is 12.5 Å². The summed E-state index contributed by atoms with van der Waals surface area (Å²) in [7, 11) is -3.80. The zero-order valence-corrected chi connectivity index (χ0v) is 18.6. The van der Waals surface area contributed by atoms with Crippen LogP contribution in [0.2, 0.25) is 5.02 Å². The monoisotopic (exact) mass is 460 g/mol. The largest absolute Gasteiger partial charge is 0.481 e. The van der Waals surface area contributed by atoms with E-state index >= 15 is 0 Å². The van der Waals surface area contributed by atoms with Gasteiger partial charge in [-0.2, -0.15) is 0 Å². The van der Waals surface area contributed by atoms with Gasteiger partial charge in [-0.1, -0.05) is 55.1 Å². The number of hydrogen-bond acceptors (Lipinski definition) is 3. The quantitative estimate of drug-likeness (QED) is 0.463. The molecule has 0 atom stereocenters. The number of aromatic amines is 1. The van der Waals surface area contributed by atoms with Gasteiger partial charge >= 0.3 is 5.97 Å². The molecular formula is C23H25ClN2O4S. The lowest BCUT2D eigenvalue weighted by atomic mass is 9.90. The first-order valence-electron chi connectivity index (χ1n) is 10.5. The minimum atomic E-state index is -3.80. The lowest BCUT2D eigenvalue weighted by Crippen LogP contribution is -2.30. The van der Waals surface area contributed by atoms with E-state index in [1.54, 1.807) is 12.1 Å². The van der Waals surface area contributed by atoms with Crippen molar-refractivity contribution < 1.29 is 18.3 Å². The summed E-state index contributed by atoms with van der Waals surface area (Å²) in [6.45, 7) is 0.402. The molecule has 1 aromatic heterocycles. The molecule has 3 N–H and O–H groups in total. The maximum absolute atomic E-state index is 13.0. The van der Waals surface area contributed by atoms with Gasteiger partial charge in [-0.05, 0) is 48.1 Å². The Morgan fingerprint density at radius 2 is 1.87 bits per heavy atom. The van der Waals surface area contributed by atoms with Gasteiger partial charge in [-0.3, -0.25) is 4.79 Å². The summed E-state index contributed by atoms with van der Waals surface area (Å²) >= 11 is 6.27. The molecule has 0 radical (unpaired) electrons. The van der Waals surface area contributed by atoms with Crippen LogP contribution in [-0.2, 0) is 21.2 Å². The third-order valence-corrected chi connectivity index (χ3v) is 7.84. The third kappa shape index (κ3) is 4.79. The summed E-state index contributed by atoms with van der Waals surface area (Å²) in [6, 6.07) is 12.2. The number of carbonyl (C=O) groups is 1. The van der Waals surface area contributed by atoms with Crippen molar-refractivity contribution >= 4 is 38.5 Å². The smallest absolute Gasteiger partial charge is 0.307 e. The molecule has 0 amide bonds. The molecule has 8 heteroatoms. The van der Waals surface area contributed by atoms with Gasteiger partial charge in [-0.15, -0.1) is 0 Å². The van der Waals surface area contributed by atoms with Gasteiger partial charge in [0.1, 0.15) is 4.90 Å². The van der Waals surface area contributed by atoms with Crippen LogP contribution in [0.15, 0.2) is 47.4 Å². The van der Waals surface area contributed by atoms with Crippen molar-refractivity contribution in [3.8, 4) is 11.3 Å². The Morgan fingerprint density at radius 1 is 1.13 bits per heavy atom. The number of nitrogens with one attached hydrogen (secondary N) is 2. The predicted octanol–water partition coefficient (Wildman–Crippen LogP) is 4.97. The SMILES string of the molecule is O=C(O)Cc1c(-c2ccc(Cl)c(S(=O)(=O)NCC3CCCCC3)c2)[nH]c2ccccc12. The molecule has 3 aromatic rings. The molecule has 0 bridgehead atoms. The van der Waals surface area contributed by atoms with Gasteiger partial charge in [0, 0.05) is 17.4 Å². The fourth-order valence-corrected chi connectivity index (χ4v) is 5.98. The fraction of sp³-hybridized carbons (Fsp3) is 0.348. The number of aliphatic carboxylic acids is 1. The molecule has 0 spiro atoms. The second-order valence-electron chi connectivity index (χ2n) is 8.10. The lowest BCUT2D eigenvalue weighted by molar-refractivity contribution is -0.136. The summed E-state index contributed by atoms with van der Waals surface area (Å²) in [6.07, 6.45) is 5.36. The Bertz CT molecular complexity index is 1210. The summed E-state index contributed by atoms with van der Waals surface area (Å²) in [5.41, 5.74) is 2.58. The van der Waals surface area contributed by atoms with Gasteiger partial charge in [0.15, 0.2) is 0 Å².